The molecule has 0 radical (unpaired) electrons. The van der Waals surface area contributed by atoms with Gasteiger partial charge in [-0.25, -0.2) is 0 Å². The lowest BCUT2D eigenvalue weighted by Gasteiger charge is -2.53. The Hall–Kier alpha value is -0.0400. The molecule has 1 nitrogen and oxygen atoms in total. The zero-order chi connectivity index (χ0) is 13.5. The molecule has 0 aromatic carbocycles. The fourth-order valence-electron chi connectivity index (χ4n) is 3.98. The van der Waals surface area contributed by atoms with Gasteiger partial charge in [0.15, 0.2) is 0 Å². The van der Waals surface area contributed by atoms with Gasteiger partial charge < -0.3 is 5.32 Å². The van der Waals surface area contributed by atoms with Crippen LogP contribution < -0.4 is 5.32 Å². The summed E-state index contributed by atoms with van der Waals surface area (Å²) in [6, 6.07) is 0.611. The summed E-state index contributed by atoms with van der Waals surface area (Å²) < 4.78 is 0. The van der Waals surface area contributed by atoms with Crippen LogP contribution in [0.4, 0.5) is 0 Å². The molecule has 1 N–H and O–H groups in total. The first-order valence-corrected chi connectivity index (χ1v) is 7.19. The molecule has 1 aliphatic carbocycles. The van der Waals surface area contributed by atoms with E-state index in [1.807, 2.05) is 0 Å². The molecule has 1 heteroatoms. The maximum absolute atomic E-state index is 3.59. The van der Waals surface area contributed by atoms with Gasteiger partial charge in [0.1, 0.15) is 0 Å². The molecule has 1 saturated carbocycles. The minimum absolute atomic E-state index is 0.341. The molecule has 102 valence electrons. The van der Waals surface area contributed by atoms with Crippen molar-refractivity contribution >= 4 is 0 Å². The Morgan fingerprint density at radius 2 is 1.41 bits per heavy atom. The lowest BCUT2D eigenvalue weighted by Crippen LogP contribution is -2.52. The average Bonchev–Trinajstić information content (AvgIpc) is 2.10. The molecule has 1 rings (SSSR count). The van der Waals surface area contributed by atoms with Gasteiger partial charge in [0, 0.05) is 6.04 Å². The number of rotatable bonds is 1. The molecule has 0 spiro atoms. The van der Waals surface area contributed by atoms with E-state index in [9.17, 15) is 0 Å². The highest BCUT2D eigenvalue weighted by Crippen LogP contribution is 2.52. The van der Waals surface area contributed by atoms with Crippen LogP contribution >= 0.6 is 0 Å². The monoisotopic (exact) mass is 239 g/mol. The molecule has 1 fully saturated rings. The Labute approximate surface area is 109 Å². The van der Waals surface area contributed by atoms with Crippen LogP contribution in [-0.4, -0.2) is 13.1 Å². The van der Waals surface area contributed by atoms with Crippen molar-refractivity contribution in [1.82, 2.24) is 5.32 Å². The second-order valence-corrected chi connectivity index (χ2v) is 8.33. The Morgan fingerprint density at radius 3 is 1.88 bits per heavy atom. The van der Waals surface area contributed by atoms with Crippen molar-refractivity contribution in [2.24, 2.45) is 22.2 Å². The summed E-state index contributed by atoms with van der Waals surface area (Å²) >= 11 is 0. The largest absolute Gasteiger partial charge is 0.316 e. The quantitative estimate of drug-likeness (QED) is 0.712. The third kappa shape index (κ3) is 3.05. The maximum atomic E-state index is 3.59. The molecule has 2 unspecified atom stereocenters. The molecule has 0 amide bonds. The van der Waals surface area contributed by atoms with Gasteiger partial charge in [-0.2, -0.15) is 0 Å². The molecule has 17 heavy (non-hydrogen) atoms. The van der Waals surface area contributed by atoms with E-state index in [0.29, 0.717) is 22.3 Å². The van der Waals surface area contributed by atoms with E-state index >= 15 is 0 Å². The Bertz CT molecular complexity index is 263. The number of hydrogen-bond acceptors (Lipinski definition) is 1. The third-order valence-corrected chi connectivity index (χ3v) is 5.48. The summed E-state index contributed by atoms with van der Waals surface area (Å²) in [7, 11) is 2.13. The standard InChI is InChI=1S/C16H33N/c1-12-9-14(2,3)11-13(17-8)16(6,7)15(4,5)10-12/h12-13,17H,9-11H2,1-8H3. The minimum atomic E-state index is 0.341. The SMILES string of the molecule is CNC1CC(C)(C)CC(C)CC(C)(C)C1(C)C. The molecule has 0 aliphatic heterocycles. The summed E-state index contributed by atoms with van der Waals surface area (Å²) in [4.78, 5) is 0. The lowest BCUT2D eigenvalue weighted by molar-refractivity contribution is -0.00431. The molecule has 0 aromatic rings. The minimum Gasteiger partial charge on any atom is -0.316 e. The van der Waals surface area contributed by atoms with Gasteiger partial charge in [0.05, 0.1) is 0 Å². The highest BCUT2D eigenvalue weighted by Gasteiger charge is 2.46. The van der Waals surface area contributed by atoms with Crippen LogP contribution in [0.5, 0.6) is 0 Å². The van der Waals surface area contributed by atoms with Crippen LogP contribution in [0.1, 0.15) is 67.7 Å². The van der Waals surface area contributed by atoms with Gasteiger partial charge in [0.25, 0.3) is 0 Å². The molecule has 0 bridgehead atoms. The Balaban J connectivity index is 3.07. The second-order valence-electron chi connectivity index (χ2n) is 8.33. The molecule has 0 saturated heterocycles. The van der Waals surface area contributed by atoms with Gasteiger partial charge in [-0.05, 0) is 48.5 Å². The first-order valence-electron chi connectivity index (χ1n) is 7.19. The Kier molecular flexibility index (Phi) is 4.04. The van der Waals surface area contributed by atoms with Gasteiger partial charge >= 0.3 is 0 Å². The predicted octanol–water partition coefficient (Wildman–Crippen LogP) is 4.47. The summed E-state index contributed by atoms with van der Waals surface area (Å²) in [5.41, 5.74) is 1.20. The first kappa shape index (κ1) is 15.0. The normalized spacial score (nSPS) is 36.0. The smallest absolute Gasteiger partial charge is 0.0125 e. The topological polar surface area (TPSA) is 12.0 Å². The van der Waals surface area contributed by atoms with Crippen molar-refractivity contribution in [3.05, 3.63) is 0 Å². The van der Waals surface area contributed by atoms with Crippen LogP contribution in [0.15, 0.2) is 0 Å². The Morgan fingerprint density at radius 1 is 0.882 bits per heavy atom. The van der Waals surface area contributed by atoms with Crippen LogP contribution in [0.3, 0.4) is 0 Å². The van der Waals surface area contributed by atoms with Gasteiger partial charge in [-0.1, -0.05) is 48.5 Å². The predicted molar refractivity (Wildman–Crippen MR) is 77.2 cm³/mol. The molecule has 2 atom stereocenters. The van der Waals surface area contributed by atoms with Gasteiger partial charge in [0.2, 0.25) is 0 Å². The molecular weight excluding hydrogens is 206 g/mol. The zero-order valence-corrected chi connectivity index (χ0v) is 13.3. The fourth-order valence-corrected chi connectivity index (χ4v) is 3.98. The van der Waals surface area contributed by atoms with E-state index in [4.69, 9.17) is 0 Å². The van der Waals surface area contributed by atoms with E-state index < -0.39 is 0 Å². The molecule has 0 aromatic heterocycles. The fraction of sp³-hybridized carbons (Fsp3) is 1.00. The highest BCUT2D eigenvalue weighted by molar-refractivity contribution is 4.99. The van der Waals surface area contributed by atoms with Crippen molar-refractivity contribution in [1.29, 1.82) is 0 Å². The summed E-state index contributed by atoms with van der Waals surface area (Å²) in [5.74, 6) is 0.831. The number of nitrogens with one attached hydrogen (secondary N) is 1. The second kappa shape index (κ2) is 4.57. The van der Waals surface area contributed by atoms with E-state index in [2.05, 4.69) is 60.8 Å². The van der Waals surface area contributed by atoms with Crippen LogP contribution in [0.2, 0.25) is 0 Å². The third-order valence-electron chi connectivity index (χ3n) is 5.48. The highest BCUT2D eigenvalue weighted by atomic mass is 14.9. The van der Waals surface area contributed by atoms with Crippen LogP contribution in [0, 0.1) is 22.2 Å². The molecular formula is C16H33N. The number of hydrogen-bond donors (Lipinski definition) is 1. The summed E-state index contributed by atoms with van der Waals surface area (Å²) in [6.07, 6.45) is 3.97. The van der Waals surface area contributed by atoms with E-state index in [0.717, 1.165) is 5.92 Å². The van der Waals surface area contributed by atoms with Gasteiger partial charge in [-0.15, -0.1) is 0 Å². The van der Waals surface area contributed by atoms with Gasteiger partial charge in [-0.3, -0.25) is 0 Å². The average molecular weight is 239 g/mol. The van der Waals surface area contributed by atoms with E-state index in [-0.39, 0.29) is 0 Å². The summed E-state index contributed by atoms with van der Waals surface area (Å²) in [5, 5.41) is 3.59. The van der Waals surface area contributed by atoms with Crippen LogP contribution in [0.25, 0.3) is 0 Å². The van der Waals surface area contributed by atoms with E-state index in [1.54, 1.807) is 0 Å². The lowest BCUT2D eigenvalue weighted by atomic mass is 9.55. The van der Waals surface area contributed by atoms with Crippen LogP contribution in [-0.2, 0) is 0 Å². The maximum Gasteiger partial charge on any atom is 0.0125 e. The van der Waals surface area contributed by atoms with Crippen molar-refractivity contribution in [3.63, 3.8) is 0 Å². The van der Waals surface area contributed by atoms with Crippen molar-refractivity contribution in [2.75, 3.05) is 7.05 Å². The van der Waals surface area contributed by atoms with Crippen molar-refractivity contribution in [2.45, 2.75) is 73.8 Å². The van der Waals surface area contributed by atoms with Crippen molar-refractivity contribution in [3.8, 4) is 0 Å². The molecule has 0 heterocycles. The zero-order valence-electron chi connectivity index (χ0n) is 13.3. The van der Waals surface area contributed by atoms with E-state index in [1.165, 1.54) is 19.3 Å². The van der Waals surface area contributed by atoms with Crippen molar-refractivity contribution < 1.29 is 0 Å². The molecule has 1 aliphatic rings. The summed E-state index contributed by atoms with van der Waals surface area (Å²) in [6.45, 7) is 17.1. The first-order chi connectivity index (χ1) is 7.52.